The minimum atomic E-state index is -0.341. The molecule has 1 atom stereocenters. The maximum atomic E-state index is 12.9. The van der Waals surface area contributed by atoms with E-state index in [0.717, 1.165) is 35.7 Å². The third kappa shape index (κ3) is 4.34. The van der Waals surface area contributed by atoms with Crippen molar-refractivity contribution >= 4 is 23.4 Å². The molecule has 7 heteroatoms. The van der Waals surface area contributed by atoms with E-state index in [1.807, 2.05) is 60.0 Å². The molecule has 0 unspecified atom stereocenters. The molecule has 0 spiro atoms. The van der Waals surface area contributed by atoms with E-state index < -0.39 is 0 Å². The van der Waals surface area contributed by atoms with E-state index in [9.17, 15) is 4.79 Å². The van der Waals surface area contributed by atoms with E-state index in [4.69, 9.17) is 4.42 Å². The average Bonchev–Trinajstić information content (AvgIpc) is 3.56. The second kappa shape index (κ2) is 9.04. The molecule has 2 heterocycles. The summed E-state index contributed by atoms with van der Waals surface area (Å²) in [6.45, 7) is 2.38. The number of carbonyl (C=O) groups excluding carboxylic acids is 1. The van der Waals surface area contributed by atoms with E-state index >= 15 is 0 Å². The standard InChI is InChI=1S/C25H24N4O2S/c1-17(24(30)26-21-13-12-18-9-5-10-20(18)15-21)32-25-28-27-23(19-7-3-2-4-8-19)29(25)16-22-11-6-14-31-22/h2-4,6-8,11-15,17H,5,9-10,16H2,1H3,(H,26,30)/t17-/m1/s1. The quantitative estimate of drug-likeness (QED) is 0.397. The van der Waals surface area contributed by atoms with Crippen LogP contribution in [0.2, 0.25) is 0 Å². The highest BCUT2D eigenvalue weighted by molar-refractivity contribution is 8.00. The van der Waals surface area contributed by atoms with Gasteiger partial charge < -0.3 is 9.73 Å². The smallest absolute Gasteiger partial charge is 0.237 e. The van der Waals surface area contributed by atoms with Crippen LogP contribution < -0.4 is 5.32 Å². The van der Waals surface area contributed by atoms with Crippen molar-refractivity contribution in [2.75, 3.05) is 5.32 Å². The van der Waals surface area contributed by atoms with E-state index in [0.29, 0.717) is 11.7 Å². The number of anilines is 1. The molecule has 0 saturated heterocycles. The van der Waals surface area contributed by atoms with Crippen LogP contribution in [0, 0.1) is 0 Å². The van der Waals surface area contributed by atoms with Crippen LogP contribution in [0.25, 0.3) is 11.4 Å². The van der Waals surface area contributed by atoms with Crippen molar-refractivity contribution in [3.8, 4) is 11.4 Å². The third-order valence-electron chi connectivity index (χ3n) is 5.66. The maximum absolute atomic E-state index is 12.9. The number of hydrogen-bond donors (Lipinski definition) is 1. The van der Waals surface area contributed by atoms with Crippen LogP contribution in [0.5, 0.6) is 0 Å². The summed E-state index contributed by atoms with van der Waals surface area (Å²) in [5.74, 6) is 1.50. The Morgan fingerprint density at radius 3 is 2.75 bits per heavy atom. The Balaban J connectivity index is 1.35. The second-order valence-corrected chi connectivity index (χ2v) is 9.23. The van der Waals surface area contributed by atoms with Gasteiger partial charge in [0.05, 0.1) is 18.1 Å². The molecule has 0 bridgehead atoms. The Kier molecular flexibility index (Phi) is 5.81. The molecule has 1 aliphatic rings. The van der Waals surface area contributed by atoms with E-state index in [1.165, 1.54) is 29.3 Å². The monoisotopic (exact) mass is 444 g/mol. The molecule has 1 aliphatic carbocycles. The molecule has 1 N–H and O–H groups in total. The number of carbonyl (C=O) groups is 1. The van der Waals surface area contributed by atoms with Gasteiger partial charge in [-0.1, -0.05) is 48.2 Å². The Bertz CT molecular complexity index is 1220. The van der Waals surface area contributed by atoms with Crippen molar-refractivity contribution < 1.29 is 9.21 Å². The highest BCUT2D eigenvalue weighted by Crippen LogP contribution is 2.29. The first-order valence-corrected chi connectivity index (χ1v) is 11.7. The molecule has 5 rings (SSSR count). The molecular weight excluding hydrogens is 420 g/mol. The summed E-state index contributed by atoms with van der Waals surface area (Å²) >= 11 is 1.40. The normalized spacial score (nSPS) is 13.7. The summed E-state index contributed by atoms with van der Waals surface area (Å²) in [7, 11) is 0. The fourth-order valence-electron chi connectivity index (χ4n) is 3.98. The summed E-state index contributed by atoms with van der Waals surface area (Å²) in [5, 5.41) is 12.2. The van der Waals surface area contributed by atoms with Gasteiger partial charge >= 0.3 is 0 Å². The van der Waals surface area contributed by atoms with Gasteiger partial charge in [-0.25, -0.2) is 0 Å². The number of amides is 1. The summed E-state index contributed by atoms with van der Waals surface area (Å²) in [6, 6.07) is 19.9. The lowest BCUT2D eigenvalue weighted by molar-refractivity contribution is -0.115. The largest absolute Gasteiger partial charge is 0.467 e. The highest BCUT2D eigenvalue weighted by atomic mass is 32.2. The fourth-order valence-corrected chi connectivity index (χ4v) is 4.83. The van der Waals surface area contributed by atoms with E-state index in [1.54, 1.807) is 6.26 Å². The number of fused-ring (bicyclic) bond motifs is 1. The number of hydrogen-bond acceptors (Lipinski definition) is 5. The van der Waals surface area contributed by atoms with Gasteiger partial charge in [-0.2, -0.15) is 0 Å². The number of aryl methyl sites for hydroxylation is 2. The van der Waals surface area contributed by atoms with Crippen molar-refractivity contribution in [1.82, 2.24) is 14.8 Å². The first-order valence-electron chi connectivity index (χ1n) is 10.8. The Morgan fingerprint density at radius 1 is 1.09 bits per heavy atom. The minimum absolute atomic E-state index is 0.0539. The minimum Gasteiger partial charge on any atom is -0.467 e. The van der Waals surface area contributed by atoms with E-state index in [-0.39, 0.29) is 11.2 Å². The number of aromatic nitrogens is 3. The second-order valence-electron chi connectivity index (χ2n) is 7.92. The Hall–Kier alpha value is -3.32. The van der Waals surface area contributed by atoms with Crippen molar-refractivity contribution in [1.29, 1.82) is 0 Å². The third-order valence-corrected chi connectivity index (χ3v) is 6.74. The van der Waals surface area contributed by atoms with Crippen LogP contribution in [0.4, 0.5) is 5.69 Å². The summed E-state index contributed by atoms with van der Waals surface area (Å²) < 4.78 is 7.55. The Labute approximate surface area is 191 Å². The predicted molar refractivity (Wildman–Crippen MR) is 126 cm³/mol. The van der Waals surface area contributed by atoms with Crippen LogP contribution in [-0.2, 0) is 24.2 Å². The lowest BCUT2D eigenvalue weighted by atomic mass is 10.1. The molecule has 6 nitrogen and oxygen atoms in total. The van der Waals surface area contributed by atoms with Crippen LogP contribution in [0.3, 0.4) is 0 Å². The number of nitrogens with zero attached hydrogens (tertiary/aromatic N) is 3. The Morgan fingerprint density at radius 2 is 1.94 bits per heavy atom. The topological polar surface area (TPSA) is 73.0 Å². The van der Waals surface area contributed by atoms with E-state index in [2.05, 4.69) is 27.6 Å². The molecule has 1 amide bonds. The number of furan rings is 1. The van der Waals surface area contributed by atoms with Gasteiger partial charge in [-0.3, -0.25) is 9.36 Å². The SMILES string of the molecule is C[C@@H](Sc1nnc(-c2ccccc2)n1Cc1ccco1)C(=O)Nc1ccc2c(c1)CCC2. The van der Waals surface area contributed by atoms with Crippen molar-refractivity contribution in [2.24, 2.45) is 0 Å². The molecular formula is C25H24N4O2S. The highest BCUT2D eigenvalue weighted by Gasteiger charge is 2.22. The lowest BCUT2D eigenvalue weighted by Crippen LogP contribution is -2.23. The average molecular weight is 445 g/mol. The van der Waals surface area contributed by atoms with Crippen molar-refractivity contribution in [3.63, 3.8) is 0 Å². The molecule has 0 aliphatic heterocycles. The molecule has 4 aromatic rings. The predicted octanol–water partition coefficient (Wildman–Crippen LogP) is 5.19. The van der Waals surface area contributed by atoms with Gasteiger partial charge in [0.1, 0.15) is 5.76 Å². The van der Waals surface area contributed by atoms with Crippen LogP contribution in [0.15, 0.2) is 76.5 Å². The number of rotatable bonds is 7. The zero-order chi connectivity index (χ0) is 21.9. The molecule has 0 radical (unpaired) electrons. The van der Waals surface area contributed by atoms with Crippen molar-refractivity contribution in [2.45, 2.75) is 43.1 Å². The lowest BCUT2D eigenvalue weighted by Gasteiger charge is -2.14. The van der Waals surface area contributed by atoms with Crippen molar-refractivity contribution in [3.05, 3.63) is 83.8 Å². The number of thioether (sulfide) groups is 1. The van der Waals surface area contributed by atoms with Crippen LogP contribution >= 0.6 is 11.8 Å². The molecule has 32 heavy (non-hydrogen) atoms. The molecule has 162 valence electrons. The summed E-state index contributed by atoms with van der Waals surface area (Å²) in [6.07, 6.45) is 5.06. The molecule has 0 fully saturated rings. The molecule has 2 aromatic carbocycles. The van der Waals surface area contributed by atoms with Gasteiger partial charge in [0.2, 0.25) is 5.91 Å². The van der Waals surface area contributed by atoms with Gasteiger partial charge in [0.15, 0.2) is 11.0 Å². The zero-order valence-corrected chi connectivity index (χ0v) is 18.6. The van der Waals surface area contributed by atoms with Gasteiger partial charge in [0, 0.05) is 11.3 Å². The van der Waals surface area contributed by atoms with Crippen LogP contribution in [-0.4, -0.2) is 25.9 Å². The van der Waals surface area contributed by atoms with Gasteiger partial charge in [0.25, 0.3) is 0 Å². The van der Waals surface area contributed by atoms with Gasteiger partial charge in [-0.15, -0.1) is 10.2 Å². The molecule has 2 aromatic heterocycles. The maximum Gasteiger partial charge on any atom is 0.237 e. The number of nitrogens with one attached hydrogen (secondary N) is 1. The first kappa shape index (κ1) is 20.6. The summed E-state index contributed by atoms with van der Waals surface area (Å²) in [4.78, 5) is 12.9. The molecule has 0 saturated carbocycles. The summed E-state index contributed by atoms with van der Waals surface area (Å²) in [5.41, 5.74) is 4.55. The number of benzene rings is 2. The zero-order valence-electron chi connectivity index (χ0n) is 17.8. The van der Waals surface area contributed by atoms with Gasteiger partial charge in [-0.05, 0) is 61.6 Å². The fraction of sp³-hybridized carbons (Fsp3) is 0.240. The van der Waals surface area contributed by atoms with Crippen LogP contribution in [0.1, 0.15) is 30.2 Å². The first-order chi connectivity index (χ1) is 15.7.